The zero-order valence-electron chi connectivity index (χ0n) is 15.9. The third-order valence-corrected chi connectivity index (χ3v) is 3.59. The van der Waals surface area contributed by atoms with Gasteiger partial charge < -0.3 is 15.3 Å². The molecule has 0 unspecified atom stereocenters. The van der Waals surface area contributed by atoms with Crippen LogP contribution in [0.2, 0.25) is 19.6 Å². The van der Waals surface area contributed by atoms with Gasteiger partial charge in [-0.25, -0.2) is 12.1 Å². The number of rotatable bonds is 1. The van der Waals surface area contributed by atoms with Crippen LogP contribution < -0.4 is 5.19 Å². The van der Waals surface area contributed by atoms with Crippen LogP contribution in [0.15, 0.2) is 24.3 Å². The van der Waals surface area contributed by atoms with Gasteiger partial charge in [0.25, 0.3) is 0 Å². The Morgan fingerprint density at radius 1 is 0.682 bits per heavy atom. The van der Waals surface area contributed by atoms with Crippen LogP contribution in [-0.2, 0) is 26.2 Å². The van der Waals surface area contributed by atoms with Crippen molar-refractivity contribution in [2.75, 3.05) is 0 Å². The fourth-order valence-corrected chi connectivity index (χ4v) is 2.07. The van der Waals surface area contributed by atoms with Crippen molar-refractivity contribution in [3.8, 4) is 0 Å². The first-order valence-corrected chi connectivity index (χ1v) is 11.1. The molecule has 0 fully saturated rings. The van der Waals surface area contributed by atoms with Crippen LogP contribution in [0.5, 0.6) is 0 Å². The smallest absolute Gasteiger partial charge is 0.0483 e. The number of hydrogen-bond acceptors (Lipinski definition) is 3. The maximum atomic E-state index is 8.06. The second-order valence-corrected chi connectivity index (χ2v) is 11.8. The topological polar surface area (TPSA) is 60.7 Å². The largest absolute Gasteiger partial charge is 0.394 e. The Kier molecular flexibility index (Phi) is 24.3. The van der Waals surface area contributed by atoms with Crippen molar-refractivity contribution in [2.24, 2.45) is 0 Å². The molecule has 0 aliphatic carbocycles. The summed E-state index contributed by atoms with van der Waals surface area (Å²) in [5, 5.41) is 25.7. The second-order valence-electron chi connectivity index (χ2n) is 6.70. The van der Waals surface area contributed by atoms with Gasteiger partial charge >= 0.3 is 0 Å². The minimum Gasteiger partial charge on any atom is -0.394 e. The van der Waals surface area contributed by atoms with Crippen LogP contribution in [0.1, 0.15) is 41.5 Å². The van der Waals surface area contributed by atoms with Crippen molar-refractivity contribution in [3.63, 3.8) is 0 Å². The summed E-state index contributed by atoms with van der Waals surface area (Å²) in [6.07, 6.45) is -0.500. The van der Waals surface area contributed by atoms with Gasteiger partial charge in [-0.1, -0.05) is 19.6 Å². The third-order valence-electron chi connectivity index (χ3n) is 1.53. The third kappa shape index (κ3) is 42.8. The molecule has 1 rings (SSSR count). The summed E-state index contributed by atoms with van der Waals surface area (Å²) < 4.78 is 0. The van der Waals surface area contributed by atoms with Gasteiger partial charge in [0.1, 0.15) is 0 Å². The molecule has 22 heavy (non-hydrogen) atoms. The van der Waals surface area contributed by atoms with Crippen molar-refractivity contribution in [2.45, 2.75) is 79.5 Å². The molecular formula is C17H37O3SiZr-. The predicted octanol–water partition coefficient (Wildman–Crippen LogP) is 3.11. The van der Waals surface area contributed by atoms with Crippen molar-refractivity contribution < 1.29 is 41.5 Å². The van der Waals surface area contributed by atoms with E-state index in [1.807, 2.05) is 0 Å². The van der Waals surface area contributed by atoms with E-state index in [1.54, 1.807) is 46.7 Å². The molecule has 0 saturated heterocycles. The van der Waals surface area contributed by atoms with Crippen molar-refractivity contribution in [3.05, 3.63) is 24.3 Å². The molecule has 0 radical (unpaired) electrons. The quantitative estimate of drug-likeness (QED) is 0.494. The summed E-state index contributed by atoms with van der Waals surface area (Å²) >= 11 is 0. The molecule has 0 spiro atoms. The minimum absolute atomic E-state index is 0. The van der Waals surface area contributed by atoms with E-state index in [9.17, 15) is 0 Å². The van der Waals surface area contributed by atoms with Gasteiger partial charge in [0.15, 0.2) is 0 Å². The Bertz CT molecular complexity index is 269. The van der Waals surface area contributed by atoms with Crippen LogP contribution in [-0.4, -0.2) is 41.7 Å². The molecule has 3 N–H and O–H groups in total. The van der Waals surface area contributed by atoms with Gasteiger partial charge in [-0.05, 0) is 41.5 Å². The maximum absolute atomic E-state index is 8.06. The SMILES string of the molecule is CC(C)O.CC(C)O.CC(C)O.C[Si](C)(C)[c-]1cccc1.[Zr]. The van der Waals surface area contributed by atoms with Gasteiger partial charge in [0, 0.05) is 52.6 Å². The number of aliphatic hydroxyl groups is 3. The fraction of sp³-hybridized carbons (Fsp3) is 0.706. The van der Waals surface area contributed by atoms with Crippen LogP contribution in [0.4, 0.5) is 0 Å². The first kappa shape index (κ1) is 30.2. The molecule has 132 valence electrons. The van der Waals surface area contributed by atoms with Gasteiger partial charge in [-0.15, -0.1) is 0 Å². The molecule has 0 aromatic heterocycles. The first-order chi connectivity index (χ1) is 9.30. The summed E-state index contributed by atoms with van der Waals surface area (Å²) in [4.78, 5) is 0. The zero-order chi connectivity index (χ0) is 17.6. The standard InChI is InChI=1S/C8H13Si.3C3H8O.Zr/c1-9(2,3)8-6-4-5-7-8;3*1-3(2)4;/h4-7H,1-3H3;3*3-4H,1-2H3;/q-1;;;;. The number of aliphatic hydroxyl groups excluding tert-OH is 3. The van der Waals surface area contributed by atoms with E-state index < -0.39 is 8.07 Å². The molecular weight excluding hydrogens is 371 g/mol. The van der Waals surface area contributed by atoms with E-state index >= 15 is 0 Å². The van der Waals surface area contributed by atoms with Crippen LogP contribution in [0.25, 0.3) is 0 Å². The first-order valence-electron chi connectivity index (χ1n) is 7.57. The van der Waals surface area contributed by atoms with Gasteiger partial charge in [0.05, 0.1) is 0 Å². The molecule has 5 heteroatoms. The summed E-state index contributed by atoms with van der Waals surface area (Å²) in [7, 11) is -0.981. The van der Waals surface area contributed by atoms with E-state index in [0.29, 0.717) is 0 Å². The molecule has 0 amide bonds. The van der Waals surface area contributed by atoms with Gasteiger partial charge in [-0.3, -0.25) is 0 Å². The van der Waals surface area contributed by atoms with Gasteiger partial charge in [0.2, 0.25) is 0 Å². The van der Waals surface area contributed by atoms with Crippen LogP contribution in [0, 0.1) is 0 Å². The zero-order valence-corrected chi connectivity index (χ0v) is 19.3. The summed E-state index contributed by atoms with van der Waals surface area (Å²) in [5.41, 5.74) is 0. The summed E-state index contributed by atoms with van der Waals surface area (Å²) in [6, 6.07) is 8.69. The molecule has 0 aliphatic rings. The average molecular weight is 409 g/mol. The Morgan fingerprint density at radius 3 is 0.955 bits per heavy atom. The molecule has 0 heterocycles. The van der Waals surface area contributed by atoms with E-state index in [-0.39, 0.29) is 44.5 Å². The molecule has 0 atom stereocenters. The van der Waals surface area contributed by atoms with E-state index in [1.165, 1.54) is 0 Å². The molecule has 1 aromatic carbocycles. The Balaban J connectivity index is -0.000000107. The van der Waals surface area contributed by atoms with Gasteiger partial charge in [-0.2, -0.15) is 17.3 Å². The molecule has 0 saturated carbocycles. The van der Waals surface area contributed by atoms with E-state index in [0.717, 1.165) is 0 Å². The Hall–Kier alpha value is 0.330. The van der Waals surface area contributed by atoms with E-state index in [4.69, 9.17) is 15.3 Å². The Morgan fingerprint density at radius 2 is 0.864 bits per heavy atom. The predicted molar refractivity (Wildman–Crippen MR) is 97.1 cm³/mol. The monoisotopic (exact) mass is 407 g/mol. The molecule has 1 aromatic rings. The van der Waals surface area contributed by atoms with Crippen molar-refractivity contribution in [1.29, 1.82) is 0 Å². The normalized spacial score (nSPS) is 9.77. The Labute approximate surface area is 158 Å². The summed E-state index contributed by atoms with van der Waals surface area (Å²) in [6.45, 7) is 17.4. The fourth-order valence-electron chi connectivity index (χ4n) is 0.874. The minimum atomic E-state index is -0.981. The second kappa shape index (κ2) is 17.7. The number of hydrogen-bond donors (Lipinski definition) is 3. The maximum Gasteiger partial charge on any atom is 0.0483 e. The molecule has 0 bridgehead atoms. The van der Waals surface area contributed by atoms with Crippen molar-refractivity contribution in [1.82, 2.24) is 0 Å². The van der Waals surface area contributed by atoms with E-state index in [2.05, 4.69) is 43.9 Å². The van der Waals surface area contributed by atoms with Crippen LogP contribution >= 0.6 is 0 Å². The molecule has 3 nitrogen and oxygen atoms in total. The summed E-state index contributed by atoms with van der Waals surface area (Å²) in [5.74, 6) is 0. The van der Waals surface area contributed by atoms with Crippen molar-refractivity contribution >= 4 is 13.3 Å². The van der Waals surface area contributed by atoms with Crippen LogP contribution in [0.3, 0.4) is 0 Å². The molecule has 0 aliphatic heterocycles. The average Bonchev–Trinajstić information content (AvgIpc) is 2.64.